The summed E-state index contributed by atoms with van der Waals surface area (Å²) in [6.07, 6.45) is 2.35. The number of hydrogen-bond acceptors (Lipinski definition) is 5. The Hall–Kier alpha value is -1.36. The van der Waals surface area contributed by atoms with Crippen molar-refractivity contribution in [3.05, 3.63) is 11.9 Å². The van der Waals surface area contributed by atoms with Crippen LogP contribution in [0.4, 0.5) is 11.6 Å². The van der Waals surface area contributed by atoms with Crippen LogP contribution in [-0.4, -0.2) is 29.2 Å². The van der Waals surface area contributed by atoms with Crippen LogP contribution in [0, 0.1) is 5.92 Å². The van der Waals surface area contributed by atoms with Gasteiger partial charge in [-0.25, -0.2) is 9.97 Å². The van der Waals surface area contributed by atoms with Crippen molar-refractivity contribution in [3.8, 4) is 0 Å². The Morgan fingerprint density at radius 1 is 1.10 bits per heavy atom. The van der Waals surface area contributed by atoms with Crippen molar-refractivity contribution < 1.29 is 4.74 Å². The quantitative estimate of drug-likeness (QED) is 0.689. The zero-order valence-corrected chi connectivity index (χ0v) is 14.1. The Kier molecular flexibility index (Phi) is 8.05. The van der Waals surface area contributed by atoms with E-state index in [1.54, 1.807) is 0 Å². The van der Waals surface area contributed by atoms with Gasteiger partial charge in [-0.05, 0) is 39.5 Å². The van der Waals surface area contributed by atoms with Crippen LogP contribution in [0.1, 0.15) is 53.3 Å². The van der Waals surface area contributed by atoms with E-state index < -0.39 is 0 Å². The van der Waals surface area contributed by atoms with Crippen molar-refractivity contribution in [3.63, 3.8) is 0 Å². The number of nitrogens with zero attached hydrogens (tertiary/aromatic N) is 2. The fraction of sp³-hybridized carbons (Fsp3) is 0.750. The molecule has 0 radical (unpaired) electrons. The molecule has 0 spiro atoms. The highest BCUT2D eigenvalue weighted by molar-refractivity contribution is 5.47. The smallest absolute Gasteiger partial charge is 0.158 e. The fourth-order valence-corrected chi connectivity index (χ4v) is 2.01. The molecule has 0 aliphatic carbocycles. The first-order valence-corrected chi connectivity index (χ1v) is 8.01. The molecule has 1 rings (SSSR count). The highest BCUT2D eigenvalue weighted by Gasteiger charge is 2.08. The van der Waals surface area contributed by atoms with Crippen LogP contribution in [-0.2, 0) is 11.3 Å². The number of nitrogens with one attached hydrogen (secondary N) is 2. The maximum Gasteiger partial charge on any atom is 0.158 e. The molecule has 1 aromatic rings. The summed E-state index contributed by atoms with van der Waals surface area (Å²) in [5.41, 5.74) is 0. The molecular weight excluding hydrogens is 264 g/mol. The molecule has 0 aliphatic heterocycles. The van der Waals surface area contributed by atoms with Crippen molar-refractivity contribution >= 4 is 11.6 Å². The molecule has 1 aromatic heterocycles. The maximum absolute atomic E-state index is 5.41. The van der Waals surface area contributed by atoms with Gasteiger partial charge < -0.3 is 15.4 Å². The van der Waals surface area contributed by atoms with E-state index in [9.17, 15) is 0 Å². The van der Waals surface area contributed by atoms with E-state index in [1.165, 1.54) is 6.42 Å². The second-order valence-electron chi connectivity index (χ2n) is 5.74. The van der Waals surface area contributed by atoms with Gasteiger partial charge in [-0.15, -0.1) is 0 Å². The number of anilines is 2. The van der Waals surface area contributed by atoms with Crippen LogP contribution < -0.4 is 10.6 Å². The highest BCUT2D eigenvalue weighted by atomic mass is 16.5. The molecule has 1 atom stereocenters. The molecule has 1 heterocycles. The lowest BCUT2D eigenvalue weighted by Gasteiger charge is -2.17. The summed E-state index contributed by atoms with van der Waals surface area (Å²) >= 11 is 0. The Balaban J connectivity index is 2.71. The molecule has 0 fully saturated rings. The van der Waals surface area contributed by atoms with Gasteiger partial charge in [0.1, 0.15) is 18.2 Å². The monoisotopic (exact) mass is 294 g/mol. The first-order chi connectivity index (χ1) is 10.0. The summed E-state index contributed by atoms with van der Waals surface area (Å²) in [6, 6.07) is 2.36. The number of rotatable bonds is 10. The third kappa shape index (κ3) is 7.27. The Morgan fingerprint density at radius 2 is 1.81 bits per heavy atom. The summed E-state index contributed by atoms with van der Waals surface area (Å²) in [7, 11) is 0. The predicted octanol–water partition coefficient (Wildman–Crippen LogP) is 3.68. The summed E-state index contributed by atoms with van der Waals surface area (Å²) in [5.74, 6) is 3.16. The van der Waals surface area contributed by atoms with Crippen molar-refractivity contribution in [2.45, 2.75) is 60.1 Å². The normalized spacial score (nSPS) is 12.5. The van der Waals surface area contributed by atoms with Crippen LogP contribution in [0.25, 0.3) is 0 Å². The van der Waals surface area contributed by atoms with E-state index in [2.05, 4.69) is 48.3 Å². The average Bonchev–Trinajstić information content (AvgIpc) is 2.43. The lowest BCUT2D eigenvalue weighted by atomic mass is 10.0. The van der Waals surface area contributed by atoms with E-state index in [0.717, 1.165) is 30.5 Å². The maximum atomic E-state index is 5.41. The first-order valence-electron chi connectivity index (χ1n) is 8.01. The lowest BCUT2D eigenvalue weighted by molar-refractivity contribution is 0.128. The third-order valence-electron chi connectivity index (χ3n) is 3.14. The summed E-state index contributed by atoms with van der Waals surface area (Å²) < 4.78 is 5.41. The molecule has 0 saturated heterocycles. The third-order valence-corrected chi connectivity index (χ3v) is 3.14. The van der Waals surface area contributed by atoms with Gasteiger partial charge in [-0.3, -0.25) is 0 Å². The lowest BCUT2D eigenvalue weighted by Crippen LogP contribution is -2.18. The van der Waals surface area contributed by atoms with E-state index in [1.807, 2.05) is 13.0 Å². The van der Waals surface area contributed by atoms with Crippen molar-refractivity contribution in [2.75, 3.05) is 23.8 Å². The van der Waals surface area contributed by atoms with Crippen molar-refractivity contribution in [1.29, 1.82) is 0 Å². The Labute approximate surface area is 128 Å². The zero-order valence-electron chi connectivity index (χ0n) is 14.1. The van der Waals surface area contributed by atoms with Gasteiger partial charge in [-0.2, -0.15) is 0 Å². The first kappa shape index (κ1) is 17.7. The minimum atomic E-state index is 0.400. The molecule has 0 aliphatic rings. The number of aromatic nitrogens is 2. The van der Waals surface area contributed by atoms with E-state index in [-0.39, 0.29) is 0 Å². The standard InChI is InChI=1S/C16H30N4O/c1-6-17-14-10-15(18-13(5)9-8-12(3)4)20-16(19-14)11-21-7-2/h10,12-13H,6-9,11H2,1-5H3,(H2,17,18,19,20). The molecule has 0 aromatic carbocycles. The average molecular weight is 294 g/mol. The summed E-state index contributed by atoms with van der Waals surface area (Å²) in [6.45, 7) is 12.7. The predicted molar refractivity (Wildman–Crippen MR) is 88.7 cm³/mol. The van der Waals surface area contributed by atoms with Crippen LogP contribution in [0.3, 0.4) is 0 Å². The Bertz CT molecular complexity index is 409. The van der Waals surface area contributed by atoms with Gasteiger partial charge in [0.25, 0.3) is 0 Å². The summed E-state index contributed by atoms with van der Waals surface area (Å²) in [5, 5.41) is 6.71. The molecule has 0 amide bonds. The van der Waals surface area contributed by atoms with Gasteiger partial charge in [0.15, 0.2) is 5.82 Å². The van der Waals surface area contributed by atoms with Crippen LogP contribution in [0.2, 0.25) is 0 Å². The Morgan fingerprint density at radius 3 is 2.43 bits per heavy atom. The van der Waals surface area contributed by atoms with Gasteiger partial charge in [0, 0.05) is 25.3 Å². The SMILES string of the molecule is CCNc1cc(NC(C)CCC(C)C)nc(COCC)n1. The van der Waals surface area contributed by atoms with Crippen LogP contribution in [0.15, 0.2) is 6.07 Å². The molecule has 5 nitrogen and oxygen atoms in total. The number of hydrogen-bond donors (Lipinski definition) is 2. The minimum absolute atomic E-state index is 0.400. The molecule has 2 N–H and O–H groups in total. The topological polar surface area (TPSA) is 59.1 Å². The summed E-state index contributed by atoms with van der Waals surface area (Å²) in [4.78, 5) is 8.99. The van der Waals surface area contributed by atoms with Crippen molar-refractivity contribution in [2.24, 2.45) is 5.92 Å². The van der Waals surface area contributed by atoms with E-state index in [0.29, 0.717) is 25.1 Å². The molecule has 0 saturated carbocycles. The van der Waals surface area contributed by atoms with Gasteiger partial charge in [0.2, 0.25) is 0 Å². The van der Waals surface area contributed by atoms with Crippen LogP contribution >= 0.6 is 0 Å². The molecular formula is C16H30N4O. The molecule has 21 heavy (non-hydrogen) atoms. The minimum Gasteiger partial charge on any atom is -0.374 e. The van der Waals surface area contributed by atoms with Gasteiger partial charge >= 0.3 is 0 Å². The van der Waals surface area contributed by atoms with Crippen molar-refractivity contribution in [1.82, 2.24) is 9.97 Å². The second kappa shape index (κ2) is 9.55. The highest BCUT2D eigenvalue weighted by Crippen LogP contribution is 2.15. The molecule has 0 bridgehead atoms. The molecule has 120 valence electrons. The molecule has 1 unspecified atom stereocenters. The number of ether oxygens (including phenoxy) is 1. The van der Waals surface area contributed by atoms with Crippen LogP contribution in [0.5, 0.6) is 0 Å². The zero-order chi connectivity index (χ0) is 15.7. The van der Waals surface area contributed by atoms with E-state index >= 15 is 0 Å². The van der Waals surface area contributed by atoms with E-state index in [4.69, 9.17) is 4.74 Å². The largest absolute Gasteiger partial charge is 0.374 e. The molecule has 5 heteroatoms. The van der Waals surface area contributed by atoms with Gasteiger partial charge in [0.05, 0.1) is 0 Å². The second-order valence-corrected chi connectivity index (χ2v) is 5.74. The van der Waals surface area contributed by atoms with Gasteiger partial charge in [-0.1, -0.05) is 13.8 Å². The fourth-order valence-electron chi connectivity index (χ4n) is 2.01.